The molecule has 6 nitrogen and oxygen atoms in total. The van der Waals surface area contributed by atoms with Crippen molar-refractivity contribution in [1.82, 2.24) is 4.98 Å². The van der Waals surface area contributed by atoms with E-state index < -0.39 is 6.29 Å². The van der Waals surface area contributed by atoms with E-state index in [0.717, 1.165) is 22.0 Å². The van der Waals surface area contributed by atoms with Crippen molar-refractivity contribution in [2.45, 2.75) is 6.29 Å². The molecule has 0 spiro atoms. The lowest BCUT2D eigenvalue weighted by Gasteiger charge is -2.14. The predicted molar refractivity (Wildman–Crippen MR) is 102 cm³/mol. The third-order valence-electron chi connectivity index (χ3n) is 4.20. The number of ether oxygens (including phenoxy) is 4. The molecule has 0 radical (unpaired) electrons. The number of fused-ring (bicyclic) bond motifs is 1. The molecule has 0 fully saturated rings. The van der Waals surface area contributed by atoms with Crippen molar-refractivity contribution < 1.29 is 23.7 Å². The van der Waals surface area contributed by atoms with Crippen molar-refractivity contribution in [3.05, 3.63) is 60.2 Å². The van der Waals surface area contributed by atoms with Crippen LogP contribution in [0.2, 0.25) is 0 Å². The summed E-state index contributed by atoms with van der Waals surface area (Å²) < 4.78 is 20.5. The lowest BCUT2D eigenvalue weighted by atomic mass is 10.0. The summed E-state index contributed by atoms with van der Waals surface area (Å²) in [6, 6.07) is 17.0. The number of rotatable bonds is 7. The third-order valence-corrected chi connectivity index (χ3v) is 4.20. The van der Waals surface area contributed by atoms with Crippen LogP contribution in [0, 0.1) is 0 Å². The van der Waals surface area contributed by atoms with Crippen LogP contribution < -0.4 is 4.74 Å². The molecule has 0 unspecified atom stereocenters. The van der Waals surface area contributed by atoms with Gasteiger partial charge in [-0.1, -0.05) is 18.2 Å². The fraction of sp³-hybridized carbons (Fsp3) is 0.238. The lowest BCUT2D eigenvalue weighted by molar-refractivity contribution is -0.122. The van der Waals surface area contributed by atoms with E-state index in [1.165, 1.54) is 7.11 Å². The molecule has 0 bridgehead atoms. The minimum Gasteiger partial charge on any atom is -0.472 e. The Balaban J connectivity index is 1.79. The van der Waals surface area contributed by atoms with E-state index in [2.05, 4.69) is 4.98 Å². The van der Waals surface area contributed by atoms with Crippen LogP contribution >= 0.6 is 0 Å². The molecule has 1 aromatic heterocycles. The fourth-order valence-electron chi connectivity index (χ4n) is 2.67. The summed E-state index contributed by atoms with van der Waals surface area (Å²) in [5.41, 5.74) is 3.39. The van der Waals surface area contributed by atoms with Crippen molar-refractivity contribution in [3.63, 3.8) is 0 Å². The Labute approximate surface area is 157 Å². The van der Waals surface area contributed by atoms with E-state index in [0.29, 0.717) is 11.4 Å². The molecule has 0 aliphatic heterocycles. The van der Waals surface area contributed by atoms with Crippen molar-refractivity contribution in [2.24, 2.45) is 0 Å². The third kappa shape index (κ3) is 4.42. The number of carbonyl (C=O) groups excluding carboxylic acids is 1. The molecule has 0 aliphatic carbocycles. The first kappa shape index (κ1) is 18.8. The van der Waals surface area contributed by atoms with Crippen LogP contribution in [0.4, 0.5) is 0 Å². The van der Waals surface area contributed by atoms with Gasteiger partial charge in [-0.25, -0.2) is 9.78 Å². The normalized spacial score (nSPS) is 11.0. The molecule has 0 atom stereocenters. The highest BCUT2D eigenvalue weighted by atomic mass is 16.7. The number of methoxy groups -OCH3 is 3. The van der Waals surface area contributed by atoms with Crippen LogP contribution in [0.1, 0.15) is 10.4 Å². The van der Waals surface area contributed by atoms with Crippen LogP contribution in [0.25, 0.3) is 22.0 Å². The van der Waals surface area contributed by atoms with E-state index in [-0.39, 0.29) is 12.6 Å². The SMILES string of the molecule is COC(=O)c1ccc(-c2ccc3nc(OCC(OC)OC)ccc3c2)cc1. The molecular weight excluding hydrogens is 346 g/mol. The maximum atomic E-state index is 11.5. The molecule has 6 heteroatoms. The monoisotopic (exact) mass is 367 g/mol. The van der Waals surface area contributed by atoms with Crippen LogP contribution in [-0.4, -0.2) is 45.2 Å². The first-order valence-corrected chi connectivity index (χ1v) is 8.42. The molecule has 0 saturated heterocycles. The van der Waals surface area contributed by atoms with Gasteiger partial charge in [0.25, 0.3) is 0 Å². The van der Waals surface area contributed by atoms with Crippen LogP contribution in [0.3, 0.4) is 0 Å². The topological polar surface area (TPSA) is 66.9 Å². The average molecular weight is 367 g/mol. The Morgan fingerprint density at radius 3 is 2.30 bits per heavy atom. The van der Waals surface area contributed by atoms with Crippen molar-refractivity contribution >= 4 is 16.9 Å². The summed E-state index contributed by atoms with van der Waals surface area (Å²) in [6.07, 6.45) is -0.433. The predicted octanol–water partition coefficient (Wildman–Crippen LogP) is 3.69. The maximum Gasteiger partial charge on any atom is 0.337 e. The Morgan fingerprint density at radius 1 is 0.926 bits per heavy atom. The second kappa shape index (κ2) is 8.62. The number of hydrogen-bond donors (Lipinski definition) is 0. The van der Waals surface area contributed by atoms with Gasteiger partial charge in [0.1, 0.15) is 6.61 Å². The van der Waals surface area contributed by atoms with Gasteiger partial charge in [0.05, 0.1) is 18.2 Å². The fourth-order valence-corrected chi connectivity index (χ4v) is 2.67. The summed E-state index contributed by atoms with van der Waals surface area (Å²) in [5.74, 6) is 0.165. The number of hydrogen-bond acceptors (Lipinski definition) is 6. The van der Waals surface area contributed by atoms with E-state index >= 15 is 0 Å². The highest BCUT2D eigenvalue weighted by molar-refractivity contribution is 5.90. The van der Waals surface area contributed by atoms with Gasteiger partial charge < -0.3 is 18.9 Å². The smallest absolute Gasteiger partial charge is 0.337 e. The minimum absolute atomic E-state index is 0.260. The lowest BCUT2D eigenvalue weighted by Crippen LogP contribution is -2.22. The molecule has 0 aliphatic rings. The Morgan fingerprint density at radius 2 is 1.63 bits per heavy atom. The van der Waals surface area contributed by atoms with Crippen LogP contribution in [-0.2, 0) is 14.2 Å². The largest absolute Gasteiger partial charge is 0.472 e. The van der Waals surface area contributed by atoms with E-state index in [1.54, 1.807) is 26.4 Å². The molecule has 140 valence electrons. The number of esters is 1. The van der Waals surface area contributed by atoms with Gasteiger partial charge in [0.15, 0.2) is 6.29 Å². The molecule has 0 saturated carbocycles. The molecule has 27 heavy (non-hydrogen) atoms. The standard InChI is InChI=1S/C21H21NO5/c1-24-20(25-2)13-27-19-11-9-17-12-16(8-10-18(17)22-19)14-4-6-15(7-5-14)21(23)26-3/h4-12,20H,13H2,1-3H3. The Hall–Kier alpha value is -2.96. The summed E-state index contributed by atoms with van der Waals surface area (Å²) in [7, 11) is 4.49. The van der Waals surface area contributed by atoms with E-state index in [4.69, 9.17) is 18.9 Å². The van der Waals surface area contributed by atoms with Gasteiger partial charge in [0, 0.05) is 25.7 Å². The second-order valence-electron chi connectivity index (χ2n) is 5.84. The summed E-state index contributed by atoms with van der Waals surface area (Å²) in [5, 5.41) is 0.993. The first-order valence-electron chi connectivity index (χ1n) is 8.42. The first-order chi connectivity index (χ1) is 13.1. The quantitative estimate of drug-likeness (QED) is 0.469. The summed E-state index contributed by atoms with van der Waals surface area (Å²) in [6.45, 7) is 0.260. The molecule has 0 N–H and O–H groups in total. The Bertz CT molecular complexity index is 920. The molecule has 3 aromatic rings. The molecule has 0 amide bonds. The molecule has 2 aromatic carbocycles. The highest BCUT2D eigenvalue weighted by Crippen LogP contribution is 2.25. The number of aromatic nitrogens is 1. The zero-order chi connectivity index (χ0) is 19.2. The van der Waals surface area contributed by atoms with Crippen molar-refractivity contribution in [2.75, 3.05) is 27.9 Å². The molecule has 3 rings (SSSR count). The highest BCUT2D eigenvalue weighted by Gasteiger charge is 2.09. The number of benzene rings is 2. The van der Waals surface area contributed by atoms with Gasteiger partial charge in [-0.15, -0.1) is 0 Å². The number of nitrogens with zero attached hydrogens (tertiary/aromatic N) is 1. The number of pyridine rings is 1. The van der Waals surface area contributed by atoms with Gasteiger partial charge in [-0.2, -0.15) is 0 Å². The molecule has 1 heterocycles. The molecular formula is C21H21NO5. The van der Waals surface area contributed by atoms with Crippen LogP contribution in [0.15, 0.2) is 54.6 Å². The number of carbonyl (C=O) groups is 1. The Kier molecular flexibility index (Phi) is 6.01. The van der Waals surface area contributed by atoms with E-state index in [1.807, 2.05) is 42.5 Å². The average Bonchev–Trinajstić information content (AvgIpc) is 2.73. The van der Waals surface area contributed by atoms with Crippen molar-refractivity contribution in [1.29, 1.82) is 0 Å². The van der Waals surface area contributed by atoms with Gasteiger partial charge in [0.2, 0.25) is 5.88 Å². The van der Waals surface area contributed by atoms with Gasteiger partial charge in [-0.05, 0) is 41.5 Å². The summed E-state index contributed by atoms with van der Waals surface area (Å²) in [4.78, 5) is 16.0. The second-order valence-corrected chi connectivity index (χ2v) is 5.84. The van der Waals surface area contributed by atoms with Crippen LogP contribution in [0.5, 0.6) is 5.88 Å². The minimum atomic E-state index is -0.433. The summed E-state index contributed by atoms with van der Waals surface area (Å²) >= 11 is 0. The van der Waals surface area contributed by atoms with Gasteiger partial charge >= 0.3 is 5.97 Å². The zero-order valence-corrected chi connectivity index (χ0v) is 15.5. The maximum absolute atomic E-state index is 11.5. The zero-order valence-electron chi connectivity index (χ0n) is 15.5. The van der Waals surface area contributed by atoms with Crippen molar-refractivity contribution in [3.8, 4) is 17.0 Å². The van der Waals surface area contributed by atoms with Gasteiger partial charge in [-0.3, -0.25) is 0 Å². The van der Waals surface area contributed by atoms with E-state index in [9.17, 15) is 4.79 Å².